The van der Waals surface area contributed by atoms with E-state index in [4.69, 9.17) is 4.74 Å². The first-order chi connectivity index (χ1) is 11.2. The lowest BCUT2D eigenvalue weighted by molar-refractivity contribution is -0.121. The lowest BCUT2D eigenvalue weighted by Crippen LogP contribution is -2.34. The number of hydrogen-bond donors (Lipinski definition) is 1. The molecule has 8 heteroatoms. The zero-order chi connectivity index (χ0) is 16.1. The van der Waals surface area contributed by atoms with E-state index in [9.17, 15) is 4.79 Å². The zero-order valence-electron chi connectivity index (χ0n) is 12.9. The van der Waals surface area contributed by atoms with Gasteiger partial charge in [0.1, 0.15) is 5.25 Å². The first-order valence-electron chi connectivity index (χ1n) is 7.57. The maximum atomic E-state index is 12.7. The number of hydrogen-bond acceptors (Lipinski definition) is 6. The first kappa shape index (κ1) is 15.9. The van der Waals surface area contributed by atoms with Crippen LogP contribution in [0.5, 0.6) is 0 Å². The van der Waals surface area contributed by atoms with Crippen molar-refractivity contribution in [3.05, 3.63) is 35.9 Å². The van der Waals surface area contributed by atoms with E-state index in [-0.39, 0.29) is 12.0 Å². The number of carbonyl (C=O) groups excluding carboxylic acids is 1. The van der Waals surface area contributed by atoms with E-state index in [0.29, 0.717) is 11.7 Å². The van der Waals surface area contributed by atoms with E-state index in [0.717, 1.165) is 25.0 Å². The van der Waals surface area contributed by atoms with Gasteiger partial charge in [-0.15, -0.1) is 5.10 Å². The van der Waals surface area contributed by atoms with Crippen LogP contribution in [0.1, 0.15) is 23.7 Å². The molecule has 23 heavy (non-hydrogen) atoms. The van der Waals surface area contributed by atoms with E-state index in [1.807, 2.05) is 30.3 Å². The SMILES string of the molecule is Cn1nnnc1S[C@H](C(=O)NC[C@@H]1CCCO1)c1ccccc1. The highest BCUT2D eigenvalue weighted by atomic mass is 32.2. The van der Waals surface area contributed by atoms with Gasteiger partial charge in [0, 0.05) is 20.2 Å². The molecule has 1 aromatic carbocycles. The van der Waals surface area contributed by atoms with Crippen LogP contribution in [0.15, 0.2) is 35.5 Å². The number of rotatable bonds is 6. The van der Waals surface area contributed by atoms with Crippen LogP contribution in [0, 0.1) is 0 Å². The molecule has 1 amide bonds. The average molecular weight is 333 g/mol. The lowest BCUT2D eigenvalue weighted by atomic mass is 10.1. The van der Waals surface area contributed by atoms with Gasteiger partial charge in [0.05, 0.1) is 6.10 Å². The summed E-state index contributed by atoms with van der Waals surface area (Å²) in [4.78, 5) is 12.7. The lowest BCUT2D eigenvalue weighted by Gasteiger charge is -2.17. The number of amides is 1. The molecule has 7 nitrogen and oxygen atoms in total. The maximum Gasteiger partial charge on any atom is 0.238 e. The Hall–Kier alpha value is -1.93. The molecule has 1 N–H and O–H groups in total. The molecule has 0 aliphatic carbocycles. The van der Waals surface area contributed by atoms with Crippen molar-refractivity contribution in [2.24, 2.45) is 7.05 Å². The molecule has 1 aromatic heterocycles. The minimum Gasteiger partial charge on any atom is -0.376 e. The van der Waals surface area contributed by atoms with Crippen molar-refractivity contribution in [2.75, 3.05) is 13.2 Å². The van der Waals surface area contributed by atoms with Gasteiger partial charge in [0.15, 0.2) is 0 Å². The smallest absolute Gasteiger partial charge is 0.238 e. The van der Waals surface area contributed by atoms with Gasteiger partial charge in [-0.1, -0.05) is 42.1 Å². The number of aromatic nitrogens is 4. The number of aryl methyl sites for hydroxylation is 1. The van der Waals surface area contributed by atoms with Gasteiger partial charge in [-0.05, 0) is 28.8 Å². The summed E-state index contributed by atoms with van der Waals surface area (Å²) in [7, 11) is 1.76. The van der Waals surface area contributed by atoms with Gasteiger partial charge in [-0.2, -0.15) is 0 Å². The molecule has 3 rings (SSSR count). The molecule has 0 bridgehead atoms. The topological polar surface area (TPSA) is 81.9 Å². The monoisotopic (exact) mass is 333 g/mol. The summed E-state index contributed by atoms with van der Waals surface area (Å²) in [6, 6.07) is 9.65. The fourth-order valence-corrected chi connectivity index (χ4v) is 3.41. The number of nitrogens with one attached hydrogen (secondary N) is 1. The zero-order valence-corrected chi connectivity index (χ0v) is 13.7. The summed E-state index contributed by atoms with van der Waals surface area (Å²) in [6.45, 7) is 1.32. The molecular weight excluding hydrogens is 314 g/mol. The van der Waals surface area contributed by atoms with E-state index in [1.54, 1.807) is 11.7 Å². The molecule has 2 heterocycles. The van der Waals surface area contributed by atoms with Crippen molar-refractivity contribution in [1.82, 2.24) is 25.5 Å². The van der Waals surface area contributed by atoms with Crippen molar-refractivity contribution >= 4 is 17.7 Å². The van der Waals surface area contributed by atoms with Crippen LogP contribution < -0.4 is 5.32 Å². The van der Waals surface area contributed by atoms with E-state index in [2.05, 4.69) is 20.8 Å². The quantitative estimate of drug-likeness (QED) is 0.803. The van der Waals surface area contributed by atoms with Crippen LogP contribution in [0.25, 0.3) is 0 Å². The molecule has 1 aliphatic rings. The van der Waals surface area contributed by atoms with Crippen LogP contribution in [0.4, 0.5) is 0 Å². The number of thioether (sulfide) groups is 1. The Labute approximate surface area is 138 Å². The third-order valence-corrected chi connectivity index (χ3v) is 4.95. The predicted molar refractivity (Wildman–Crippen MR) is 85.8 cm³/mol. The molecule has 0 radical (unpaired) electrons. The Morgan fingerprint density at radius 1 is 1.48 bits per heavy atom. The second-order valence-corrected chi connectivity index (χ2v) is 6.45. The minimum absolute atomic E-state index is 0.0558. The normalized spacial score (nSPS) is 18.7. The van der Waals surface area contributed by atoms with Crippen LogP contribution in [-0.4, -0.2) is 45.4 Å². The van der Waals surface area contributed by atoms with Crippen LogP contribution >= 0.6 is 11.8 Å². The first-order valence-corrected chi connectivity index (χ1v) is 8.45. The number of benzene rings is 1. The Kier molecular flexibility index (Phi) is 5.24. The fourth-order valence-electron chi connectivity index (χ4n) is 2.44. The Morgan fingerprint density at radius 3 is 2.96 bits per heavy atom. The summed E-state index contributed by atoms with van der Waals surface area (Å²) in [5.74, 6) is -0.0558. The van der Waals surface area contributed by atoms with Crippen molar-refractivity contribution in [2.45, 2.75) is 29.4 Å². The van der Waals surface area contributed by atoms with Gasteiger partial charge in [0.2, 0.25) is 11.1 Å². The Morgan fingerprint density at radius 2 is 2.30 bits per heavy atom. The second kappa shape index (κ2) is 7.56. The van der Waals surface area contributed by atoms with Crippen molar-refractivity contribution in [3.63, 3.8) is 0 Å². The molecule has 2 atom stereocenters. The maximum absolute atomic E-state index is 12.7. The van der Waals surface area contributed by atoms with E-state index in [1.165, 1.54) is 11.8 Å². The largest absolute Gasteiger partial charge is 0.376 e. The molecule has 0 spiro atoms. The van der Waals surface area contributed by atoms with Crippen LogP contribution in [0.3, 0.4) is 0 Å². The highest BCUT2D eigenvalue weighted by molar-refractivity contribution is 8.00. The van der Waals surface area contributed by atoms with Crippen LogP contribution in [0.2, 0.25) is 0 Å². The van der Waals surface area contributed by atoms with Gasteiger partial charge >= 0.3 is 0 Å². The molecule has 0 unspecified atom stereocenters. The van der Waals surface area contributed by atoms with Gasteiger partial charge in [-0.25, -0.2) is 4.68 Å². The summed E-state index contributed by atoms with van der Waals surface area (Å²) in [5, 5.41) is 14.6. The highest BCUT2D eigenvalue weighted by Crippen LogP contribution is 2.33. The van der Waals surface area contributed by atoms with E-state index >= 15 is 0 Å². The van der Waals surface area contributed by atoms with Crippen molar-refractivity contribution in [3.8, 4) is 0 Å². The number of ether oxygens (including phenoxy) is 1. The molecule has 1 fully saturated rings. The minimum atomic E-state index is -0.401. The van der Waals surface area contributed by atoms with Crippen molar-refractivity contribution in [1.29, 1.82) is 0 Å². The Bertz CT molecular complexity index is 642. The summed E-state index contributed by atoms with van der Waals surface area (Å²) >= 11 is 1.34. The summed E-state index contributed by atoms with van der Waals surface area (Å²) < 4.78 is 7.12. The van der Waals surface area contributed by atoms with Gasteiger partial charge in [0.25, 0.3) is 0 Å². The summed E-state index contributed by atoms with van der Waals surface area (Å²) in [6.07, 6.45) is 2.18. The van der Waals surface area contributed by atoms with Gasteiger partial charge < -0.3 is 10.1 Å². The van der Waals surface area contributed by atoms with Gasteiger partial charge in [-0.3, -0.25) is 4.79 Å². The molecule has 1 aliphatic heterocycles. The number of tetrazole rings is 1. The Balaban J connectivity index is 1.71. The third-order valence-electron chi connectivity index (χ3n) is 3.67. The number of carbonyl (C=O) groups is 1. The molecule has 0 saturated carbocycles. The van der Waals surface area contributed by atoms with E-state index < -0.39 is 5.25 Å². The average Bonchev–Trinajstić information content (AvgIpc) is 3.23. The predicted octanol–water partition coefficient (Wildman–Crippen LogP) is 1.34. The molecule has 2 aromatic rings. The highest BCUT2D eigenvalue weighted by Gasteiger charge is 2.25. The molecule has 122 valence electrons. The molecule has 1 saturated heterocycles. The second-order valence-electron chi connectivity index (χ2n) is 5.37. The number of nitrogens with zero attached hydrogens (tertiary/aromatic N) is 4. The standard InChI is InChI=1S/C15H19N5O2S/c1-20-15(17-18-19-20)23-13(11-6-3-2-4-7-11)14(21)16-10-12-8-5-9-22-12/h2-4,6-7,12-13H,5,8-10H2,1H3,(H,16,21)/t12-,13-/m0/s1. The van der Waals surface area contributed by atoms with Crippen LogP contribution in [-0.2, 0) is 16.6 Å². The molecular formula is C15H19N5O2S. The third kappa shape index (κ3) is 4.08. The summed E-state index contributed by atoms with van der Waals surface area (Å²) in [5.41, 5.74) is 0.922. The fraction of sp³-hybridized carbons (Fsp3) is 0.467. The van der Waals surface area contributed by atoms with Crippen molar-refractivity contribution < 1.29 is 9.53 Å².